The summed E-state index contributed by atoms with van der Waals surface area (Å²) in [6, 6.07) is 8.23. The standard InChI is InChI=1S/C18H19FN4O2S/c1-12-9-15(22-25-12)11-26-18-21-20-17(13-4-6-14(19)7-5-13)23(18)10-16-3-2-8-24-16/h4-7,9,16H,2-3,8,10-11H2,1H3. The van der Waals surface area contributed by atoms with Gasteiger partial charge in [-0.15, -0.1) is 10.2 Å². The Balaban J connectivity index is 1.60. The molecule has 2 aromatic heterocycles. The summed E-state index contributed by atoms with van der Waals surface area (Å²) in [4.78, 5) is 0. The molecular weight excluding hydrogens is 355 g/mol. The Morgan fingerprint density at radius 3 is 2.81 bits per heavy atom. The zero-order valence-electron chi connectivity index (χ0n) is 14.4. The predicted octanol–water partition coefficient (Wildman–Crippen LogP) is 3.85. The molecule has 1 atom stereocenters. The number of benzene rings is 1. The second kappa shape index (κ2) is 7.59. The summed E-state index contributed by atoms with van der Waals surface area (Å²) >= 11 is 1.55. The Bertz CT molecular complexity index is 872. The van der Waals surface area contributed by atoms with Crippen LogP contribution >= 0.6 is 11.8 Å². The maximum Gasteiger partial charge on any atom is 0.191 e. The summed E-state index contributed by atoms with van der Waals surface area (Å²) in [5.41, 5.74) is 1.70. The molecule has 0 radical (unpaired) electrons. The maximum atomic E-state index is 13.3. The van der Waals surface area contributed by atoms with Crippen molar-refractivity contribution in [2.75, 3.05) is 6.61 Å². The first kappa shape index (κ1) is 17.2. The number of aromatic nitrogens is 4. The average Bonchev–Trinajstić information content (AvgIpc) is 3.37. The fraction of sp³-hybridized carbons (Fsp3) is 0.389. The molecule has 1 saturated heterocycles. The van der Waals surface area contributed by atoms with Gasteiger partial charge in [-0.25, -0.2) is 4.39 Å². The van der Waals surface area contributed by atoms with E-state index in [4.69, 9.17) is 9.26 Å². The second-order valence-electron chi connectivity index (χ2n) is 6.28. The Labute approximate surface area is 154 Å². The highest BCUT2D eigenvalue weighted by molar-refractivity contribution is 7.98. The molecule has 4 rings (SSSR count). The van der Waals surface area contributed by atoms with Crippen LogP contribution in [0.5, 0.6) is 0 Å². The third-order valence-corrected chi connectivity index (χ3v) is 5.26. The van der Waals surface area contributed by atoms with Crippen LogP contribution in [-0.4, -0.2) is 32.6 Å². The number of nitrogens with zero attached hydrogens (tertiary/aromatic N) is 4. The lowest BCUT2D eigenvalue weighted by Crippen LogP contribution is -2.16. The number of hydrogen-bond donors (Lipinski definition) is 0. The van der Waals surface area contributed by atoms with E-state index >= 15 is 0 Å². The van der Waals surface area contributed by atoms with Gasteiger partial charge in [-0.1, -0.05) is 16.9 Å². The summed E-state index contributed by atoms with van der Waals surface area (Å²) in [7, 11) is 0. The SMILES string of the molecule is Cc1cc(CSc2nnc(-c3ccc(F)cc3)n2CC2CCCO2)no1. The van der Waals surface area contributed by atoms with Crippen molar-refractivity contribution in [3.63, 3.8) is 0 Å². The van der Waals surface area contributed by atoms with Crippen LogP contribution in [0.3, 0.4) is 0 Å². The van der Waals surface area contributed by atoms with Crippen molar-refractivity contribution in [3.05, 3.63) is 47.6 Å². The third kappa shape index (κ3) is 3.81. The van der Waals surface area contributed by atoms with Crippen molar-refractivity contribution in [1.82, 2.24) is 19.9 Å². The fourth-order valence-corrected chi connectivity index (χ4v) is 3.82. The topological polar surface area (TPSA) is 66.0 Å². The van der Waals surface area contributed by atoms with E-state index in [9.17, 15) is 4.39 Å². The molecule has 0 spiro atoms. The number of ether oxygens (including phenoxy) is 1. The van der Waals surface area contributed by atoms with E-state index in [1.807, 2.05) is 13.0 Å². The molecule has 3 aromatic rings. The lowest BCUT2D eigenvalue weighted by atomic mass is 10.2. The van der Waals surface area contributed by atoms with Crippen molar-refractivity contribution < 1.29 is 13.7 Å². The van der Waals surface area contributed by atoms with Crippen LogP contribution in [0.4, 0.5) is 4.39 Å². The molecule has 1 aliphatic rings. The van der Waals surface area contributed by atoms with Gasteiger partial charge in [0, 0.05) is 24.0 Å². The minimum absolute atomic E-state index is 0.152. The molecule has 0 amide bonds. The van der Waals surface area contributed by atoms with Gasteiger partial charge in [-0.05, 0) is 44.0 Å². The highest BCUT2D eigenvalue weighted by Gasteiger charge is 2.22. The molecule has 0 saturated carbocycles. The number of halogens is 1. The molecule has 0 aliphatic carbocycles. The molecule has 136 valence electrons. The van der Waals surface area contributed by atoms with E-state index in [-0.39, 0.29) is 11.9 Å². The lowest BCUT2D eigenvalue weighted by Gasteiger charge is -2.14. The van der Waals surface area contributed by atoms with Gasteiger partial charge in [0.25, 0.3) is 0 Å². The largest absolute Gasteiger partial charge is 0.376 e. The third-order valence-electron chi connectivity index (χ3n) is 4.26. The highest BCUT2D eigenvalue weighted by Crippen LogP contribution is 2.28. The number of hydrogen-bond acceptors (Lipinski definition) is 6. The van der Waals surface area contributed by atoms with Crippen molar-refractivity contribution in [1.29, 1.82) is 0 Å². The van der Waals surface area contributed by atoms with Crippen LogP contribution in [0.25, 0.3) is 11.4 Å². The summed E-state index contributed by atoms with van der Waals surface area (Å²) < 4.78 is 26.2. The molecule has 0 N–H and O–H groups in total. The maximum absolute atomic E-state index is 13.3. The monoisotopic (exact) mass is 374 g/mol. The molecular formula is C18H19FN4O2S. The first-order valence-corrected chi connectivity index (χ1v) is 9.53. The predicted molar refractivity (Wildman–Crippen MR) is 95.2 cm³/mol. The molecule has 6 nitrogen and oxygen atoms in total. The average molecular weight is 374 g/mol. The van der Waals surface area contributed by atoms with Gasteiger partial charge in [-0.2, -0.15) is 0 Å². The van der Waals surface area contributed by atoms with Gasteiger partial charge >= 0.3 is 0 Å². The van der Waals surface area contributed by atoms with Crippen molar-refractivity contribution in [2.45, 2.75) is 43.3 Å². The van der Waals surface area contributed by atoms with E-state index in [2.05, 4.69) is 19.9 Å². The van der Waals surface area contributed by atoms with E-state index in [0.29, 0.717) is 12.3 Å². The molecule has 1 aliphatic heterocycles. The Morgan fingerprint density at radius 2 is 2.12 bits per heavy atom. The number of aryl methyl sites for hydroxylation is 1. The first-order chi connectivity index (χ1) is 12.7. The van der Waals surface area contributed by atoms with Gasteiger partial charge in [-0.3, -0.25) is 4.57 Å². The van der Waals surface area contributed by atoms with E-state index in [1.54, 1.807) is 23.9 Å². The number of thioether (sulfide) groups is 1. The Hall–Kier alpha value is -2.19. The molecule has 8 heteroatoms. The Kier molecular flexibility index (Phi) is 5.03. The van der Waals surface area contributed by atoms with Crippen LogP contribution in [0.1, 0.15) is 24.3 Å². The summed E-state index contributed by atoms with van der Waals surface area (Å²) in [5, 5.41) is 13.5. The molecule has 0 bridgehead atoms. The van der Waals surface area contributed by atoms with Crippen molar-refractivity contribution in [3.8, 4) is 11.4 Å². The van der Waals surface area contributed by atoms with Crippen LogP contribution in [0.15, 0.2) is 40.0 Å². The van der Waals surface area contributed by atoms with E-state index in [1.165, 1.54) is 12.1 Å². The van der Waals surface area contributed by atoms with Crippen molar-refractivity contribution >= 4 is 11.8 Å². The van der Waals surface area contributed by atoms with E-state index < -0.39 is 0 Å². The zero-order valence-corrected chi connectivity index (χ0v) is 15.2. The minimum Gasteiger partial charge on any atom is -0.376 e. The van der Waals surface area contributed by atoms with E-state index in [0.717, 1.165) is 47.4 Å². The number of rotatable bonds is 6. The van der Waals surface area contributed by atoms with Crippen LogP contribution < -0.4 is 0 Å². The molecule has 1 fully saturated rings. The second-order valence-corrected chi connectivity index (χ2v) is 7.22. The normalized spacial score (nSPS) is 17.1. The summed E-state index contributed by atoms with van der Waals surface area (Å²) in [5.74, 6) is 1.88. The fourth-order valence-electron chi connectivity index (χ4n) is 2.99. The molecule has 1 aromatic carbocycles. The molecule has 26 heavy (non-hydrogen) atoms. The van der Waals surface area contributed by atoms with Crippen LogP contribution in [0, 0.1) is 12.7 Å². The smallest absolute Gasteiger partial charge is 0.191 e. The highest BCUT2D eigenvalue weighted by atomic mass is 32.2. The van der Waals surface area contributed by atoms with Gasteiger partial charge in [0.15, 0.2) is 11.0 Å². The zero-order chi connectivity index (χ0) is 17.9. The van der Waals surface area contributed by atoms with Gasteiger partial charge < -0.3 is 9.26 Å². The Morgan fingerprint density at radius 1 is 1.27 bits per heavy atom. The quantitative estimate of drug-likeness (QED) is 0.611. The summed E-state index contributed by atoms with van der Waals surface area (Å²) in [6.07, 6.45) is 2.24. The van der Waals surface area contributed by atoms with Gasteiger partial charge in [0.1, 0.15) is 11.6 Å². The van der Waals surface area contributed by atoms with Crippen LogP contribution in [0.2, 0.25) is 0 Å². The first-order valence-electron chi connectivity index (χ1n) is 8.55. The molecule has 1 unspecified atom stereocenters. The van der Waals surface area contributed by atoms with Crippen molar-refractivity contribution in [2.24, 2.45) is 0 Å². The summed E-state index contributed by atoms with van der Waals surface area (Å²) in [6.45, 7) is 3.34. The van der Waals surface area contributed by atoms with Gasteiger partial charge in [0.2, 0.25) is 0 Å². The molecule has 3 heterocycles. The van der Waals surface area contributed by atoms with Gasteiger partial charge in [0.05, 0.1) is 18.3 Å². The lowest BCUT2D eigenvalue weighted by molar-refractivity contribution is 0.0953. The minimum atomic E-state index is -0.269. The van der Waals surface area contributed by atoms with Crippen LogP contribution in [-0.2, 0) is 17.0 Å².